The third kappa shape index (κ3) is 3.26. The molecule has 0 bridgehead atoms. The summed E-state index contributed by atoms with van der Waals surface area (Å²) in [6.07, 6.45) is 3.39. The van der Waals surface area contributed by atoms with Crippen molar-refractivity contribution in [1.29, 1.82) is 0 Å². The Morgan fingerprint density at radius 1 is 1.33 bits per heavy atom. The van der Waals surface area contributed by atoms with E-state index >= 15 is 0 Å². The number of aliphatic hydroxyl groups excluding tert-OH is 1. The van der Waals surface area contributed by atoms with Gasteiger partial charge in [-0.3, -0.25) is 0 Å². The average molecular weight is 368 g/mol. The van der Waals surface area contributed by atoms with E-state index in [1.165, 1.54) is 16.9 Å². The van der Waals surface area contributed by atoms with Crippen LogP contribution in [0.15, 0.2) is 0 Å². The van der Waals surface area contributed by atoms with E-state index in [0.29, 0.717) is 23.2 Å². The maximum absolute atomic E-state index is 9.37. The normalized spacial score (nSPS) is 18.0. The van der Waals surface area contributed by atoms with Gasteiger partial charge in [0.15, 0.2) is 0 Å². The Hall–Kier alpha value is -0.910. The van der Waals surface area contributed by atoms with E-state index < -0.39 is 0 Å². The van der Waals surface area contributed by atoms with Crippen LogP contribution in [-0.4, -0.2) is 34.8 Å². The Morgan fingerprint density at radius 2 is 2.08 bits per heavy atom. The summed E-state index contributed by atoms with van der Waals surface area (Å²) in [6, 6.07) is 0. The van der Waals surface area contributed by atoms with Crippen LogP contribution in [0.2, 0.25) is 5.28 Å². The summed E-state index contributed by atoms with van der Waals surface area (Å²) in [5.41, 5.74) is 1.73. The van der Waals surface area contributed by atoms with Gasteiger partial charge < -0.3 is 10.0 Å². The van der Waals surface area contributed by atoms with Gasteiger partial charge in [0, 0.05) is 18.0 Å². The molecule has 2 aromatic rings. The molecule has 3 rings (SSSR count). The number of halogens is 1. The molecule has 4 nitrogen and oxygen atoms in total. The second-order valence-corrected chi connectivity index (χ2v) is 9.03. The van der Waals surface area contributed by atoms with Crippen molar-refractivity contribution in [2.24, 2.45) is 11.3 Å². The van der Waals surface area contributed by atoms with Gasteiger partial charge in [-0.1, -0.05) is 20.8 Å². The van der Waals surface area contributed by atoms with Crippen molar-refractivity contribution in [3.8, 4) is 0 Å². The summed E-state index contributed by atoms with van der Waals surface area (Å²) in [5.74, 6) is 1.58. The third-order valence-corrected chi connectivity index (χ3v) is 6.46. The maximum atomic E-state index is 9.37. The molecule has 0 aliphatic heterocycles. The molecular formula is C18H26ClN3OS. The molecule has 0 radical (unpaired) electrons. The van der Waals surface area contributed by atoms with Crippen LogP contribution in [0.5, 0.6) is 0 Å². The zero-order valence-electron chi connectivity index (χ0n) is 14.9. The van der Waals surface area contributed by atoms with E-state index in [-0.39, 0.29) is 6.61 Å². The molecule has 1 aliphatic carbocycles. The van der Waals surface area contributed by atoms with Crippen molar-refractivity contribution in [2.45, 2.75) is 47.0 Å². The SMILES string of the molecule is CCN(CCO)c1nc(Cl)nc2sc3c(c12)CCC(C(C)(C)C)C3. The van der Waals surface area contributed by atoms with Crippen molar-refractivity contribution in [3.63, 3.8) is 0 Å². The van der Waals surface area contributed by atoms with Crippen molar-refractivity contribution in [3.05, 3.63) is 15.7 Å². The predicted molar refractivity (Wildman–Crippen MR) is 102 cm³/mol. The van der Waals surface area contributed by atoms with E-state index in [9.17, 15) is 5.11 Å². The second-order valence-electron chi connectivity index (χ2n) is 7.61. The highest BCUT2D eigenvalue weighted by molar-refractivity contribution is 7.19. The van der Waals surface area contributed by atoms with Crippen LogP contribution >= 0.6 is 22.9 Å². The fourth-order valence-corrected chi connectivity index (χ4v) is 5.14. The molecule has 0 spiro atoms. The van der Waals surface area contributed by atoms with Crippen LogP contribution in [0, 0.1) is 11.3 Å². The summed E-state index contributed by atoms with van der Waals surface area (Å²) >= 11 is 7.95. The number of anilines is 1. The summed E-state index contributed by atoms with van der Waals surface area (Å²) in [4.78, 5) is 13.5. The maximum Gasteiger partial charge on any atom is 0.225 e. The molecule has 1 atom stereocenters. The van der Waals surface area contributed by atoms with Crippen molar-refractivity contribution >= 4 is 39.0 Å². The fraction of sp³-hybridized carbons (Fsp3) is 0.667. The average Bonchev–Trinajstić information content (AvgIpc) is 2.88. The standard InChI is InChI=1S/C18H26ClN3OS/c1-5-22(8-9-23)15-14-12-7-6-11(18(2,3)4)10-13(12)24-16(14)21-17(19)20-15/h11,23H,5-10H2,1-4H3. The minimum atomic E-state index is 0.107. The number of hydrogen-bond acceptors (Lipinski definition) is 5. The summed E-state index contributed by atoms with van der Waals surface area (Å²) < 4.78 is 0. The van der Waals surface area contributed by atoms with Gasteiger partial charge in [-0.2, -0.15) is 4.98 Å². The van der Waals surface area contributed by atoms with Gasteiger partial charge in [0.25, 0.3) is 0 Å². The van der Waals surface area contributed by atoms with Crippen LogP contribution in [0.3, 0.4) is 0 Å². The minimum Gasteiger partial charge on any atom is -0.395 e. The largest absolute Gasteiger partial charge is 0.395 e. The minimum absolute atomic E-state index is 0.107. The molecule has 1 unspecified atom stereocenters. The lowest BCUT2D eigenvalue weighted by molar-refractivity contribution is 0.218. The van der Waals surface area contributed by atoms with E-state index in [2.05, 4.69) is 42.6 Å². The zero-order chi connectivity index (χ0) is 17.5. The van der Waals surface area contributed by atoms with Crippen LogP contribution in [0.25, 0.3) is 10.2 Å². The number of hydrogen-bond donors (Lipinski definition) is 1. The number of rotatable bonds is 4. The van der Waals surface area contributed by atoms with Crippen LogP contribution in [0.1, 0.15) is 44.6 Å². The highest BCUT2D eigenvalue weighted by Gasteiger charge is 2.32. The number of nitrogens with zero attached hydrogens (tertiary/aromatic N) is 3. The lowest BCUT2D eigenvalue weighted by atomic mass is 9.72. The highest BCUT2D eigenvalue weighted by Crippen LogP contribution is 2.45. The third-order valence-electron chi connectivity index (χ3n) is 5.14. The number of thiophene rings is 1. The molecule has 1 aliphatic rings. The highest BCUT2D eigenvalue weighted by atomic mass is 35.5. The van der Waals surface area contributed by atoms with Crippen molar-refractivity contribution in [2.75, 3.05) is 24.6 Å². The van der Waals surface area contributed by atoms with E-state index in [0.717, 1.165) is 35.4 Å². The number of aliphatic hydroxyl groups is 1. The van der Waals surface area contributed by atoms with Crippen molar-refractivity contribution < 1.29 is 5.11 Å². The second kappa shape index (κ2) is 6.77. The molecule has 0 aromatic carbocycles. The van der Waals surface area contributed by atoms with Gasteiger partial charge in [-0.05, 0) is 54.7 Å². The Balaban J connectivity index is 2.11. The molecule has 2 heterocycles. The Kier molecular flexibility index (Phi) is 5.05. The van der Waals surface area contributed by atoms with Gasteiger partial charge in [-0.15, -0.1) is 11.3 Å². The summed E-state index contributed by atoms with van der Waals surface area (Å²) in [7, 11) is 0. The molecule has 24 heavy (non-hydrogen) atoms. The lowest BCUT2D eigenvalue weighted by Crippen LogP contribution is -2.28. The Morgan fingerprint density at radius 3 is 2.71 bits per heavy atom. The van der Waals surface area contributed by atoms with Gasteiger partial charge >= 0.3 is 0 Å². The first-order chi connectivity index (χ1) is 11.3. The lowest BCUT2D eigenvalue weighted by Gasteiger charge is -2.34. The van der Waals surface area contributed by atoms with E-state index in [1.54, 1.807) is 11.3 Å². The molecule has 0 saturated carbocycles. The topological polar surface area (TPSA) is 49.2 Å². The first-order valence-corrected chi connectivity index (χ1v) is 9.88. The molecule has 132 valence electrons. The van der Waals surface area contributed by atoms with Gasteiger partial charge in [-0.25, -0.2) is 4.98 Å². The van der Waals surface area contributed by atoms with Crippen LogP contribution < -0.4 is 4.90 Å². The molecular weight excluding hydrogens is 342 g/mol. The number of aromatic nitrogens is 2. The van der Waals surface area contributed by atoms with Crippen LogP contribution in [0.4, 0.5) is 5.82 Å². The number of likely N-dealkylation sites (N-methyl/N-ethyl adjacent to an activating group) is 1. The van der Waals surface area contributed by atoms with Crippen LogP contribution in [-0.2, 0) is 12.8 Å². The predicted octanol–water partition coefficient (Wildman–Crippen LogP) is 4.31. The molecule has 0 amide bonds. The fourth-order valence-electron chi connectivity index (χ4n) is 3.64. The van der Waals surface area contributed by atoms with Gasteiger partial charge in [0.2, 0.25) is 5.28 Å². The molecule has 0 saturated heterocycles. The molecule has 6 heteroatoms. The molecule has 0 fully saturated rings. The van der Waals surface area contributed by atoms with Crippen molar-refractivity contribution in [1.82, 2.24) is 9.97 Å². The van der Waals surface area contributed by atoms with E-state index in [4.69, 9.17) is 11.6 Å². The first-order valence-electron chi connectivity index (χ1n) is 8.68. The number of aryl methyl sites for hydroxylation is 1. The summed E-state index contributed by atoms with van der Waals surface area (Å²) in [6.45, 7) is 10.5. The monoisotopic (exact) mass is 367 g/mol. The van der Waals surface area contributed by atoms with Gasteiger partial charge in [0.1, 0.15) is 10.6 Å². The first kappa shape index (κ1) is 17.9. The molecule has 2 aromatic heterocycles. The molecule has 1 N–H and O–H groups in total. The summed E-state index contributed by atoms with van der Waals surface area (Å²) in [5, 5.41) is 10.8. The zero-order valence-corrected chi connectivity index (χ0v) is 16.5. The quantitative estimate of drug-likeness (QED) is 0.818. The Labute approximate surface area is 152 Å². The Bertz CT molecular complexity index is 738. The number of fused-ring (bicyclic) bond motifs is 3. The smallest absolute Gasteiger partial charge is 0.225 e. The van der Waals surface area contributed by atoms with E-state index in [1.807, 2.05) is 0 Å². The van der Waals surface area contributed by atoms with Gasteiger partial charge in [0.05, 0.1) is 12.0 Å².